The van der Waals surface area contributed by atoms with Gasteiger partial charge in [-0.25, -0.2) is 0 Å². The van der Waals surface area contributed by atoms with Crippen LogP contribution in [0, 0.1) is 0 Å². The molecule has 82 valence electrons. The number of H-pyrrole nitrogens is 1. The average molecular weight is 216 g/mol. The van der Waals surface area contributed by atoms with Gasteiger partial charge in [-0.1, -0.05) is 0 Å². The molecule has 0 unspecified atom stereocenters. The minimum atomic E-state index is -0.0319. The van der Waals surface area contributed by atoms with Gasteiger partial charge in [0.25, 0.3) is 0 Å². The van der Waals surface area contributed by atoms with E-state index in [1.807, 2.05) is 13.0 Å². The maximum Gasteiger partial charge on any atom is 0.182 e. The van der Waals surface area contributed by atoms with Gasteiger partial charge in [0.15, 0.2) is 5.43 Å². The summed E-state index contributed by atoms with van der Waals surface area (Å²) < 4.78 is 5.34. The topological polar surface area (TPSA) is 55.0 Å². The van der Waals surface area contributed by atoms with E-state index < -0.39 is 0 Å². The summed E-state index contributed by atoms with van der Waals surface area (Å²) in [5.74, 6) is 0.699. The van der Waals surface area contributed by atoms with E-state index in [0.717, 1.165) is 11.3 Å². The summed E-state index contributed by atoms with van der Waals surface area (Å²) in [5.41, 5.74) is 1.54. The van der Waals surface area contributed by atoms with Crippen LogP contribution in [-0.2, 0) is 0 Å². The van der Waals surface area contributed by atoms with Crippen molar-refractivity contribution in [1.29, 1.82) is 0 Å². The molecule has 2 aromatic heterocycles. The zero-order chi connectivity index (χ0) is 11.4. The van der Waals surface area contributed by atoms with E-state index in [1.54, 1.807) is 18.6 Å². The minimum absolute atomic E-state index is 0.0319. The van der Waals surface area contributed by atoms with Crippen LogP contribution < -0.4 is 10.2 Å². The molecule has 0 aromatic carbocycles. The molecule has 2 rings (SSSR count). The molecule has 0 amide bonds. The third-order valence-corrected chi connectivity index (χ3v) is 2.11. The van der Waals surface area contributed by atoms with Crippen LogP contribution in [0.3, 0.4) is 0 Å². The Kier molecular flexibility index (Phi) is 3.00. The van der Waals surface area contributed by atoms with E-state index in [2.05, 4.69) is 9.97 Å². The number of nitrogens with zero attached hydrogens (tertiary/aromatic N) is 1. The molecular weight excluding hydrogens is 204 g/mol. The van der Waals surface area contributed by atoms with E-state index in [0.29, 0.717) is 12.4 Å². The third kappa shape index (κ3) is 2.28. The van der Waals surface area contributed by atoms with E-state index in [-0.39, 0.29) is 5.43 Å². The first kappa shape index (κ1) is 10.4. The monoisotopic (exact) mass is 216 g/mol. The van der Waals surface area contributed by atoms with Gasteiger partial charge < -0.3 is 9.72 Å². The van der Waals surface area contributed by atoms with Gasteiger partial charge in [0.2, 0.25) is 0 Å². The highest BCUT2D eigenvalue weighted by atomic mass is 16.5. The Labute approximate surface area is 92.9 Å². The first-order chi connectivity index (χ1) is 7.79. The Balaban J connectivity index is 2.40. The second kappa shape index (κ2) is 4.61. The third-order valence-electron chi connectivity index (χ3n) is 2.11. The molecule has 0 spiro atoms. The molecule has 0 aliphatic rings. The number of hydrogen-bond acceptors (Lipinski definition) is 3. The molecule has 2 heterocycles. The van der Waals surface area contributed by atoms with Gasteiger partial charge in [-0.3, -0.25) is 9.78 Å². The quantitative estimate of drug-likeness (QED) is 0.851. The van der Waals surface area contributed by atoms with Crippen LogP contribution in [0.15, 0.2) is 41.6 Å². The Bertz CT molecular complexity index is 534. The van der Waals surface area contributed by atoms with Crippen LogP contribution in [0.4, 0.5) is 0 Å². The lowest BCUT2D eigenvalue weighted by Gasteiger charge is -2.05. The number of aromatic amines is 1. The maximum atomic E-state index is 11.2. The molecule has 0 radical (unpaired) electrons. The second-order valence-corrected chi connectivity index (χ2v) is 3.28. The largest absolute Gasteiger partial charge is 0.492 e. The number of nitrogens with one attached hydrogen (secondary N) is 1. The minimum Gasteiger partial charge on any atom is -0.492 e. The summed E-state index contributed by atoms with van der Waals surface area (Å²) in [5, 5.41) is 0. The molecule has 0 aliphatic carbocycles. The predicted octanol–water partition coefficient (Wildman–Crippen LogP) is 1.84. The van der Waals surface area contributed by atoms with Gasteiger partial charge in [0, 0.05) is 30.1 Å². The van der Waals surface area contributed by atoms with Crippen molar-refractivity contribution in [3.05, 3.63) is 47.0 Å². The van der Waals surface area contributed by atoms with Crippen molar-refractivity contribution < 1.29 is 4.74 Å². The van der Waals surface area contributed by atoms with Gasteiger partial charge in [-0.2, -0.15) is 0 Å². The first-order valence-corrected chi connectivity index (χ1v) is 5.06. The van der Waals surface area contributed by atoms with Crippen molar-refractivity contribution in [2.75, 3.05) is 6.61 Å². The molecular formula is C12H12N2O2. The number of ether oxygens (including phenoxy) is 1. The van der Waals surface area contributed by atoms with Gasteiger partial charge in [-0.15, -0.1) is 0 Å². The molecule has 0 saturated carbocycles. The van der Waals surface area contributed by atoms with Crippen LogP contribution in [0.25, 0.3) is 11.3 Å². The summed E-state index contributed by atoms with van der Waals surface area (Å²) in [6, 6.07) is 4.86. The zero-order valence-corrected chi connectivity index (χ0v) is 8.93. The molecule has 0 bridgehead atoms. The molecule has 0 aliphatic heterocycles. The summed E-state index contributed by atoms with van der Waals surface area (Å²) in [7, 11) is 0. The zero-order valence-electron chi connectivity index (χ0n) is 8.93. The predicted molar refractivity (Wildman–Crippen MR) is 61.5 cm³/mol. The fourth-order valence-electron chi connectivity index (χ4n) is 1.42. The fraction of sp³-hybridized carbons (Fsp3) is 0.167. The Hall–Kier alpha value is -2.10. The molecule has 1 N–H and O–H groups in total. The normalized spacial score (nSPS) is 10.1. The highest BCUT2D eigenvalue weighted by molar-refractivity contribution is 5.59. The highest BCUT2D eigenvalue weighted by Gasteiger charge is 2.01. The Morgan fingerprint density at radius 3 is 3.00 bits per heavy atom. The standard InChI is InChI=1S/C12H12N2O2/c1-2-16-11-5-9(7-13-8-11)12-6-10(15)3-4-14-12/h3-8H,2H2,1H3,(H,14,15). The number of rotatable bonds is 3. The SMILES string of the molecule is CCOc1cncc(-c2cc(=O)cc[nH]2)c1. The van der Waals surface area contributed by atoms with Gasteiger partial charge in [0.05, 0.1) is 18.5 Å². The Morgan fingerprint density at radius 1 is 1.38 bits per heavy atom. The fourth-order valence-corrected chi connectivity index (χ4v) is 1.42. The lowest BCUT2D eigenvalue weighted by Crippen LogP contribution is -1.99. The molecule has 0 saturated heterocycles. The lowest BCUT2D eigenvalue weighted by molar-refractivity contribution is 0.339. The summed E-state index contributed by atoms with van der Waals surface area (Å²) in [4.78, 5) is 18.3. The van der Waals surface area contributed by atoms with Gasteiger partial charge >= 0.3 is 0 Å². The van der Waals surface area contributed by atoms with E-state index in [9.17, 15) is 4.79 Å². The summed E-state index contributed by atoms with van der Waals surface area (Å²) in [6.45, 7) is 2.51. The van der Waals surface area contributed by atoms with E-state index in [4.69, 9.17) is 4.74 Å². The molecule has 16 heavy (non-hydrogen) atoms. The van der Waals surface area contributed by atoms with Crippen LogP contribution in [0.2, 0.25) is 0 Å². The van der Waals surface area contributed by atoms with Crippen molar-refractivity contribution in [3.63, 3.8) is 0 Å². The van der Waals surface area contributed by atoms with Crippen LogP contribution in [0.5, 0.6) is 5.75 Å². The molecule has 4 nitrogen and oxygen atoms in total. The smallest absolute Gasteiger partial charge is 0.182 e. The van der Waals surface area contributed by atoms with Crippen LogP contribution in [-0.4, -0.2) is 16.6 Å². The van der Waals surface area contributed by atoms with Crippen molar-refractivity contribution in [2.24, 2.45) is 0 Å². The first-order valence-electron chi connectivity index (χ1n) is 5.06. The van der Waals surface area contributed by atoms with Crippen LogP contribution >= 0.6 is 0 Å². The van der Waals surface area contributed by atoms with Crippen LogP contribution in [0.1, 0.15) is 6.92 Å². The van der Waals surface area contributed by atoms with Crippen molar-refractivity contribution >= 4 is 0 Å². The van der Waals surface area contributed by atoms with Crippen molar-refractivity contribution in [2.45, 2.75) is 6.92 Å². The molecule has 0 fully saturated rings. The highest BCUT2D eigenvalue weighted by Crippen LogP contribution is 2.19. The number of pyridine rings is 2. The van der Waals surface area contributed by atoms with Gasteiger partial charge in [0.1, 0.15) is 5.75 Å². The van der Waals surface area contributed by atoms with E-state index >= 15 is 0 Å². The molecule has 4 heteroatoms. The average Bonchev–Trinajstić information content (AvgIpc) is 2.30. The molecule has 2 aromatic rings. The summed E-state index contributed by atoms with van der Waals surface area (Å²) in [6.07, 6.45) is 4.95. The van der Waals surface area contributed by atoms with Crippen molar-refractivity contribution in [3.8, 4) is 17.0 Å². The molecule has 0 atom stereocenters. The van der Waals surface area contributed by atoms with E-state index in [1.165, 1.54) is 12.1 Å². The lowest BCUT2D eigenvalue weighted by atomic mass is 10.2. The summed E-state index contributed by atoms with van der Waals surface area (Å²) >= 11 is 0. The van der Waals surface area contributed by atoms with Crippen molar-refractivity contribution in [1.82, 2.24) is 9.97 Å². The maximum absolute atomic E-state index is 11.2. The number of hydrogen-bond donors (Lipinski definition) is 1. The van der Waals surface area contributed by atoms with Gasteiger partial charge in [-0.05, 0) is 13.0 Å². The number of aromatic nitrogens is 2. The Morgan fingerprint density at radius 2 is 2.25 bits per heavy atom. The second-order valence-electron chi connectivity index (χ2n) is 3.28.